The molecule has 0 spiro atoms. The maximum absolute atomic E-state index is 12.6. The molecule has 1 N–H and O–H groups in total. The molecule has 4 rings (SSSR count). The number of aryl methyl sites for hydroxylation is 1. The summed E-state index contributed by atoms with van der Waals surface area (Å²) in [6.45, 7) is 5.89. The molecule has 0 bridgehead atoms. The van der Waals surface area contributed by atoms with E-state index in [1.54, 1.807) is 12.1 Å². The van der Waals surface area contributed by atoms with E-state index in [4.69, 9.17) is 16.3 Å². The van der Waals surface area contributed by atoms with Gasteiger partial charge in [0.15, 0.2) is 5.17 Å². The molecule has 0 atom stereocenters. The summed E-state index contributed by atoms with van der Waals surface area (Å²) in [7, 11) is 1.36. The maximum atomic E-state index is 12.6. The Morgan fingerprint density at radius 1 is 1.15 bits per heavy atom. The summed E-state index contributed by atoms with van der Waals surface area (Å²) in [5.74, 6) is -0.562. The number of amides is 1. The van der Waals surface area contributed by atoms with E-state index in [1.165, 1.54) is 18.9 Å². The fraction of sp³-hybridized carbons (Fsp3) is 0.160. The summed E-state index contributed by atoms with van der Waals surface area (Å²) in [5, 5.41) is 3.98. The van der Waals surface area contributed by atoms with Crippen molar-refractivity contribution in [3.63, 3.8) is 0 Å². The van der Waals surface area contributed by atoms with Gasteiger partial charge in [-0.25, -0.2) is 9.79 Å². The number of thioether (sulfide) groups is 1. The Labute approximate surface area is 201 Å². The van der Waals surface area contributed by atoms with E-state index in [9.17, 15) is 9.59 Å². The molecular formula is C25H22ClN3O3S. The number of amidine groups is 1. The molecule has 1 fully saturated rings. The fourth-order valence-corrected chi connectivity index (χ4v) is 4.64. The first-order valence-corrected chi connectivity index (χ1v) is 11.4. The van der Waals surface area contributed by atoms with Crippen molar-refractivity contribution in [3.8, 4) is 5.69 Å². The minimum atomic E-state index is -0.373. The third-order valence-corrected chi connectivity index (χ3v) is 6.73. The van der Waals surface area contributed by atoms with Crippen LogP contribution in [-0.2, 0) is 9.53 Å². The van der Waals surface area contributed by atoms with Crippen LogP contribution in [0, 0.1) is 20.8 Å². The number of rotatable bonds is 4. The minimum absolute atomic E-state index is 0.189. The van der Waals surface area contributed by atoms with Crippen LogP contribution in [0.5, 0.6) is 0 Å². The Kier molecular flexibility index (Phi) is 6.44. The molecule has 0 aliphatic carbocycles. The molecule has 2 heterocycles. The van der Waals surface area contributed by atoms with Crippen LogP contribution in [0.25, 0.3) is 11.8 Å². The Bertz CT molecular complexity index is 1320. The number of halogens is 1. The minimum Gasteiger partial charge on any atom is -0.465 e. The quantitative estimate of drug-likeness (QED) is 0.383. The number of carbonyl (C=O) groups excluding carboxylic acids is 2. The standard InChI is InChI=1S/C25H22ClN3O3S/c1-14-12-18(16(3)29(14)19-10-8-17(9-11-19)24(31)32-4)13-22-23(30)28-25(33-22)27-21-7-5-6-20(26)15(21)2/h5-13H,1-4H3,(H,27,28,30)/b22-13+. The molecule has 0 radical (unpaired) electrons. The van der Waals surface area contributed by atoms with E-state index in [0.717, 1.165) is 33.9 Å². The number of nitrogens with zero attached hydrogens (tertiary/aromatic N) is 2. The van der Waals surface area contributed by atoms with Crippen molar-refractivity contribution >= 4 is 52.2 Å². The first-order chi connectivity index (χ1) is 15.8. The van der Waals surface area contributed by atoms with Crippen molar-refractivity contribution < 1.29 is 14.3 Å². The lowest BCUT2D eigenvalue weighted by Crippen LogP contribution is -2.19. The Morgan fingerprint density at radius 3 is 2.58 bits per heavy atom. The molecule has 2 aromatic carbocycles. The number of hydrogen-bond acceptors (Lipinski definition) is 5. The van der Waals surface area contributed by atoms with Crippen molar-refractivity contribution in [1.82, 2.24) is 9.88 Å². The number of methoxy groups -OCH3 is 1. The highest BCUT2D eigenvalue weighted by atomic mass is 35.5. The van der Waals surface area contributed by atoms with E-state index >= 15 is 0 Å². The van der Waals surface area contributed by atoms with E-state index in [1.807, 2.05) is 63.2 Å². The lowest BCUT2D eigenvalue weighted by Gasteiger charge is -2.10. The first-order valence-electron chi connectivity index (χ1n) is 10.2. The second-order valence-corrected chi connectivity index (χ2v) is 9.00. The Morgan fingerprint density at radius 2 is 1.88 bits per heavy atom. The summed E-state index contributed by atoms with van der Waals surface area (Å²) in [6, 6.07) is 14.8. The summed E-state index contributed by atoms with van der Waals surface area (Å²) < 4.78 is 6.85. The second kappa shape index (κ2) is 9.29. The maximum Gasteiger partial charge on any atom is 0.337 e. The van der Waals surface area contributed by atoms with E-state index in [-0.39, 0.29) is 11.9 Å². The summed E-state index contributed by atoms with van der Waals surface area (Å²) in [5.41, 5.74) is 5.92. The van der Waals surface area contributed by atoms with Gasteiger partial charge < -0.3 is 14.6 Å². The van der Waals surface area contributed by atoms with Gasteiger partial charge in [0, 0.05) is 22.1 Å². The molecule has 1 amide bonds. The number of benzene rings is 2. The van der Waals surface area contributed by atoms with Gasteiger partial charge in [0.05, 0.1) is 23.3 Å². The van der Waals surface area contributed by atoms with Crippen LogP contribution in [0.3, 0.4) is 0 Å². The molecule has 3 aromatic rings. The number of ether oxygens (including phenoxy) is 1. The monoisotopic (exact) mass is 479 g/mol. The van der Waals surface area contributed by atoms with Gasteiger partial charge in [0.25, 0.3) is 5.91 Å². The van der Waals surface area contributed by atoms with Crippen LogP contribution in [0.1, 0.15) is 32.9 Å². The van der Waals surface area contributed by atoms with Gasteiger partial charge in [-0.1, -0.05) is 17.7 Å². The molecular weight excluding hydrogens is 458 g/mol. The zero-order valence-electron chi connectivity index (χ0n) is 18.6. The highest BCUT2D eigenvalue weighted by Crippen LogP contribution is 2.32. The number of aromatic nitrogens is 1. The fourth-order valence-electron chi connectivity index (χ4n) is 3.64. The van der Waals surface area contributed by atoms with Crippen molar-refractivity contribution in [2.75, 3.05) is 7.11 Å². The lowest BCUT2D eigenvalue weighted by molar-refractivity contribution is -0.115. The van der Waals surface area contributed by atoms with Gasteiger partial charge in [0.2, 0.25) is 0 Å². The Balaban J connectivity index is 1.62. The highest BCUT2D eigenvalue weighted by Gasteiger charge is 2.25. The third kappa shape index (κ3) is 4.60. The van der Waals surface area contributed by atoms with Gasteiger partial charge in [-0.05, 0) is 92.2 Å². The van der Waals surface area contributed by atoms with Gasteiger partial charge in [-0.3, -0.25) is 4.79 Å². The lowest BCUT2D eigenvalue weighted by atomic mass is 10.2. The first kappa shape index (κ1) is 22.9. The summed E-state index contributed by atoms with van der Waals surface area (Å²) in [4.78, 5) is 29.4. The van der Waals surface area contributed by atoms with Gasteiger partial charge in [-0.15, -0.1) is 0 Å². The zero-order chi connectivity index (χ0) is 23.7. The van der Waals surface area contributed by atoms with Crippen molar-refractivity contribution in [1.29, 1.82) is 0 Å². The van der Waals surface area contributed by atoms with Crippen molar-refractivity contribution in [2.45, 2.75) is 20.8 Å². The Hall–Kier alpha value is -3.29. The number of hydrogen-bond donors (Lipinski definition) is 1. The molecule has 168 valence electrons. The smallest absolute Gasteiger partial charge is 0.337 e. The van der Waals surface area contributed by atoms with Crippen molar-refractivity contribution in [2.24, 2.45) is 4.99 Å². The molecule has 8 heteroatoms. The average molecular weight is 480 g/mol. The molecule has 1 saturated heterocycles. The molecule has 33 heavy (non-hydrogen) atoms. The molecule has 0 saturated carbocycles. The largest absolute Gasteiger partial charge is 0.465 e. The summed E-state index contributed by atoms with van der Waals surface area (Å²) in [6.07, 6.45) is 1.87. The third-order valence-electron chi connectivity index (χ3n) is 5.42. The average Bonchev–Trinajstić information content (AvgIpc) is 3.28. The zero-order valence-corrected chi connectivity index (χ0v) is 20.2. The number of nitrogens with one attached hydrogen (secondary N) is 1. The van der Waals surface area contributed by atoms with E-state index in [0.29, 0.717) is 20.7 Å². The summed E-state index contributed by atoms with van der Waals surface area (Å²) >= 11 is 7.48. The predicted octanol–water partition coefficient (Wildman–Crippen LogP) is 5.73. The molecule has 1 aromatic heterocycles. The van der Waals surface area contributed by atoms with Gasteiger partial charge in [-0.2, -0.15) is 0 Å². The van der Waals surface area contributed by atoms with Crippen LogP contribution in [-0.4, -0.2) is 28.7 Å². The van der Waals surface area contributed by atoms with Crippen LogP contribution < -0.4 is 5.32 Å². The topological polar surface area (TPSA) is 72.7 Å². The van der Waals surface area contributed by atoms with Crippen LogP contribution in [0.4, 0.5) is 5.69 Å². The highest BCUT2D eigenvalue weighted by molar-refractivity contribution is 8.18. The van der Waals surface area contributed by atoms with Gasteiger partial charge in [0.1, 0.15) is 0 Å². The number of aliphatic imine (C=N–C) groups is 1. The van der Waals surface area contributed by atoms with Gasteiger partial charge >= 0.3 is 5.97 Å². The van der Waals surface area contributed by atoms with Crippen LogP contribution in [0.2, 0.25) is 5.02 Å². The SMILES string of the molecule is COC(=O)c1ccc(-n2c(C)cc(/C=C3/SC(=Nc4cccc(Cl)c4C)NC3=O)c2C)cc1. The van der Waals surface area contributed by atoms with E-state index in [2.05, 4.69) is 14.9 Å². The number of carbonyl (C=O) groups is 2. The predicted molar refractivity (Wildman–Crippen MR) is 134 cm³/mol. The molecule has 0 unspecified atom stereocenters. The number of esters is 1. The molecule has 1 aliphatic rings. The second-order valence-electron chi connectivity index (χ2n) is 7.57. The van der Waals surface area contributed by atoms with Crippen molar-refractivity contribution in [3.05, 3.63) is 86.5 Å². The molecule has 1 aliphatic heterocycles. The van der Waals surface area contributed by atoms with Crippen LogP contribution in [0.15, 0.2) is 58.4 Å². The van der Waals surface area contributed by atoms with Crippen LogP contribution >= 0.6 is 23.4 Å². The molecule has 6 nitrogen and oxygen atoms in total. The van der Waals surface area contributed by atoms with E-state index < -0.39 is 0 Å². The normalized spacial score (nSPS) is 15.8.